The molecule has 0 unspecified atom stereocenters. The molecule has 2 aliphatic rings. The van der Waals surface area contributed by atoms with Crippen LogP contribution in [0.25, 0.3) is 0 Å². The van der Waals surface area contributed by atoms with Crippen LogP contribution in [-0.4, -0.2) is 12.6 Å². The van der Waals surface area contributed by atoms with Crippen molar-refractivity contribution in [3.63, 3.8) is 0 Å². The van der Waals surface area contributed by atoms with Gasteiger partial charge in [0, 0.05) is 12.6 Å². The van der Waals surface area contributed by atoms with Crippen molar-refractivity contribution in [2.24, 2.45) is 16.2 Å². The van der Waals surface area contributed by atoms with Gasteiger partial charge in [-0.2, -0.15) is 0 Å². The predicted octanol–water partition coefficient (Wildman–Crippen LogP) is 4.76. The van der Waals surface area contributed by atoms with E-state index in [0.717, 1.165) is 6.04 Å². The first kappa shape index (κ1) is 14.4. The minimum atomic E-state index is 0.515. The van der Waals surface area contributed by atoms with Crippen molar-refractivity contribution in [2.75, 3.05) is 6.54 Å². The van der Waals surface area contributed by atoms with Crippen molar-refractivity contribution in [2.45, 2.75) is 85.6 Å². The highest BCUT2D eigenvalue weighted by molar-refractivity contribution is 4.97. The monoisotopic (exact) mass is 251 g/mol. The van der Waals surface area contributed by atoms with Gasteiger partial charge in [-0.25, -0.2) is 0 Å². The van der Waals surface area contributed by atoms with Crippen LogP contribution in [0.1, 0.15) is 79.6 Å². The van der Waals surface area contributed by atoms with Crippen LogP contribution in [-0.2, 0) is 0 Å². The van der Waals surface area contributed by atoms with Gasteiger partial charge in [0.15, 0.2) is 0 Å². The maximum Gasteiger partial charge on any atom is 0.00774 e. The summed E-state index contributed by atoms with van der Waals surface area (Å²) in [6.07, 6.45) is 9.80. The molecule has 0 aromatic carbocycles. The molecule has 0 aromatic rings. The Labute approximate surface area is 114 Å². The first-order valence-corrected chi connectivity index (χ1v) is 7.99. The highest BCUT2D eigenvalue weighted by Crippen LogP contribution is 2.50. The Morgan fingerprint density at radius 3 is 2.00 bits per heavy atom. The van der Waals surface area contributed by atoms with E-state index in [1.165, 1.54) is 51.5 Å². The second kappa shape index (κ2) is 4.81. The number of hydrogen-bond donors (Lipinski definition) is 1. The summed E-state index contributed by atoms with van der Waals surface area (Å²) in [4.78, 5) is 0. The molecular formula is C17H33N. The quantitative estimate of drug-likeness (QED) is 0.743. The maximum atomic E-state index is 3.92. The summed E-state index contributed by atoms with van der Waals surface area (Å²) in [5, 5.41) is 3.92. The zero-order valence-corrected chi connectivity index (χ0v) is 13.2. The van der Waals surface area contributed by atoms with E-state index in [4.69, 9.17) is 0 Å². The maximum absolute atomic E-state index is 3.92. The van der Waals surface area contributed by atoms with Crippen molar-refractivity contribution >= 4 is 0 Å². The van der Waals surface area contributed by atoms with Gasteiger partial charge < -0.3 is 5.32 Å². The lowest BCUT2D eigenvalue weighted by molar-refractivity contribution is 0.0825. The van der Waals surface area contributed by atoms with Crippen LogP contribution in [0.4, 0.5) is 0 Å². The van der Waals surface area contributed by atoms with Crippen molar-refractivity contribution in [1.29, 1.82) is 0 Å². The molecule has 0 atom stereocenters. The third-order valence-electron chi connectivity index (χ3n) is 5.06. The second-order valence-electron chi connectivity index (χ2n) is 8.74. The van der Waals surface area contributed by atoms with Gasteiger partial charge in [-0.05, 0) is 54.8 Å². The normalized spacial score (nSPS) is 29.2. The molecule has 0 saturated heterocycles. The molecule has 2 rings (SSSR count). The van der Waals surface area contributed by atoms with Crippen LogP contribution in [0.5, 0.6) is 0 Å². The van der Waals surface area contributed by atoms with Gasteiger partial charge in [0.1, 0.15) is 0 Å². The highest BCUT2D eigenvalue weighted by Gasteiger charge is 2.43. The van der Waals surface area contributed by atoms with Crippen LogP contribution in [0.3, 0.4) is 0 Å². The average molecular weight is 251 g/mol. The standard InChI is InChI=1S/C17H33N/c1-6-7-17(8-9-17)13-18-14-10-15(2,3)12-16(4,5)11-14/h14,18H,6-13H2,1-5H3. The topological polar surface area (TPSA) is 12.0 Å². The Morgan fingerprint density at radius 1 is 1.00 bits per heavy atom. The lowest BCUT2D eigenvalue weighted by Crippen LogP contribution is -2.45. The molecule has 0 radical (unpaired) electrons. The molecule has 0 spiro atoms. The molecule has 0 aromatic heterocycles. The fraction of sp³-hybridized carbons (Fsp3) is 1.00. The number of hydrogen-bond acceptors (Lipinski definition) is 1. The Bertz CT molecular complexity index is 270. The van der Waals surface area contributed by atoms with E-state index in [1.807, 2.05) is 0 Å². The Kier molecular flexibility index (Phi) is 3.84. The van der Waals surface area contributed by atoms with E-state index in [1.54, 1.807) is 0 Å². The first-order valence-electron chi connectivity index (χ1n) is 7.99. The number of nitrogens with one attached hydrogen (secondary N) is 1. The summed E-state index contributed by atoms with van der Waals surface area (Å²) >= 11 is 0. The van der Waals surface area contributed by atoms with Crippen molar-refractivity contribution in [3.05, 3.63) is 0 Å². The van der Waals surface area contributed by atoms with E-state index in [-0.39, 0.29) is 0 Å². The number of rotatable bonds is 5. The van der Waals surface area contributed by atoms with Crippen LogP contribution in [0, 0.1) is 16.2 Å². The van der Waals surface area contributed by atoms with E-state index in [0.29, 0.717) is 16.2 Å². The van der Waals surface area contributed by atoms with E-state index in [2.05, 4.69) is 39.9 Å². The van der Waals surface area contributed by atoms with E-state index >= 15 is 0 Å². The average Bonchev–Trinajstić information content (AvgIpc) is 2.91. The van der Waals surface area contributed by atoms with Crippen LogP contribution < -0.4 is 5.32 Å². The molecule has 1 heteroatoms. The molecule has 0 heterocycles. The van der Waals surface area contributed by atoms with Gasteiger partial charge in [-0.3, -0.25) is 0 Å². The molecular weight excluding hydrogens is 218 g/mol. The van der Waals surface area contributed by atoms with Gasteiger partial charge in [0.05, 0.1) is 0 Å². The van der Waals surface area contributed by atoms with Crippen LogP contribution in [0.2, 0.25) is 0 Å². The molecule has 0 aliphatic heterocycles. The van der Waals surface area contributed by atoms with Gasteiger partial charge in [0.25, 0.3) is 0 Å². The molecule has 2 aliphatic carbocycles. The summed E-state index contributed by atoms with van der Waals surface area (Å²) in [6, 6.07) is 0.748. The molecule has 2 fully saturated rings. The smallest absolute Gasteiger partial charge is 0.00774 e. The molecule has 1 N–H and O–H groups in total. The van der Waals surface area contributed by atoms with Crippen molar-refractivity contribution < 1.29 is 0 Å². The largest absolute Gasteiger partial charge is 0.313 e. The van der Waals surface area contributed by atoms with E-state index in [9.17, 15) is 0 Å². The lowest BCUT2D eigenvalue weighted by Gasteiger charge is -2.45. The molecule has 2 saturated carbocycles. The van der Waals surface area contributed by atoms with Crippen LogP contribution >= 0.6 is 0 Å². The van der Waals surface area contributed by atoms with Gasteiger partial charge in [-0.1, -0.05) is 41.0 Å². The highest BCUT2D eigenvalue weighted by atomic mass is 14.9. The predicted molar refractivity (Wildman–Crippen MR) is 79.8 cm³/mol. The molecule has 106 valence electrons. The fourth-order valence-electron chi connectivity index (χ4n) is 4.57. The minimum absolute atomic E-state index is 0.515. The minimum Gasteiger partial charge on any atom is -0.313 e. The first-order chi connectivity index (χ1) is 8.26. The van der Waals surface area contributed by atoms with Crippen LogP contribution in [0.15, 0.2) is 0 Å². The molecule has 1 nitrogen and oxygen atoms in total. The summed E-state index contributed by atoms with van der Waals surface area (Å²) in [7, 11) is 0. The third kappa shape index (κ3) is 3.73. The Morgan fingerprint density at radius 2 is 1.56 bits per heavy atom. The van der Waals surface area contributed by atoms with Crippen molar-refractivity contribution in [1.82, 2.24) is 5.32 Å². The summed E-state index contributed by atoms with van der Waals surface area (Å²) in [6.45, 7) is 13.4. The fourth-order valence-corrected chi connectivity index (χ4v) is 4.57. The van der Waals surface area contributed by atoms with Gasteiger partial charge in [-0.15, -0.1) is 0 Å². The zero-order valence-electron chi connectivity index (χ0n) is 13.2. The second-order valence-corrected chi connectivity index (χ2v) is 8.74. The van der Waals surface area contributed by atoms with Crippen molar-refractivity contribution in [3.8, 4) is 0 Å². The van der Waals surface area contributed by atoms with E-state index < -0.39 is 0 Å². The Balaban J connectivity index is 1.86. The molecule has 0 amide bonds. The zero-order chi connectivity index (χ0) is 13.4. The molecule has 0 bridgehead atoms. The molecule has 18 heavy (non-hydrogen) atoms. The Hall–Kier alpha value is -0.0400. The lowest BCUT2D eigenvalue weighted by atomic mass is 9.63. The van der Waals surface area contributed by atoms with Gasteiger partial charge in [0.2, 0.25) is 0 Å². The summed E-state index contributed by atoms with van der Waals surface area (Å²) in [5.41, 5.74) is 1.72. The summed E-state index contributed by atoms with van der Waals surface area (Å²) in [5.74, 6) is 0. The third-order valence-corrected chi connectivity index (χ3v) is 5.06. The summed E-state index contributed by atoms with van der Waals surface area (Å²) < 4.78 is 0. The SMILES string of the molecule is CCCC1(CNC2CC(C)(C)CC(C)(C)C2)CC1. The van der Waals surface area contributed by atoms with Gasteiger partial charge >= 0.3 is 0 Å².